The van der Waals surface area contributed by atoms with Crippen LogP contribution in [0.3, 0.4) is 0 Å². The van der Waals surface area contributed by atoms with Crippen LogP contribution in [0.25, 0.3) is 0 Å². The zero-order valence-corrected chi connectivity index (χ0v) is 13.2. The summed E-state index contributed by atoms with van der Waals surface area (Å²) in [5, 5.41) is 3.75. The highest BCUT2D eigenvalue weighted by atomic mass is 79.9. The van der Waals surface area contributed by atoms with Gasteiger partial charge in [-0.25, -0.2) is 0 Å². The van der Waals surface area contributed by atoms with E-state index in [-0.39, 0.29) is 0 Å². The van der Waals surface area contributed by atoms with E-state index in [9.17, 15) is 0 Å². The van der Waals surface area contributed by atoms with Crippen LogP contribution in [0.4, 0.5) is 0 Å². The van der Waals surface area contributed by atoms with Crippen LogP contribution in [-0.4, -0.2) is 37.1 Å². The van der Waals surface area contributed by atoms with Crippen molar-refractivity contribution in [3.8, 4) is 0 Å². The van der Waals surface area contributed by atoms with Crippen LogP contribution in [0, 0.1) is 0 Å². The van der Waals surface area contributed by atoms with Crippen molar-refractivity contribution in [1.29, 1.82) is 0 Å². The Balaban J connectivity index is 1.41. The summed E-state index contributed by atoms with van der Waals surface area (Å²) >= 11 is 3.50. The van der Waals surface area contributed by atoms with Gasteiger partial charge >= 0.3 is 0 Å². The SMILES string of the molecule is CN1CCCC1CNC1CC(c2ccc(Br)cc2)C1. The molecule has 1 aliphatic heterocycles. The summed E-state index contributed by atoms with van der Waals surface area (Å²) in [5.74, 6) is 0.770. The maximum atomic E-state index is 3.75. The number of hydrogen-bond donors (Lipinski definition) is 1. The molecule has 0 radical (unpaired) electrons. The molecule has 0 amide bonds. The van der Waals surface area contributed by atoms with E-state index in [4.69, 9.17) is 0 Å². The second kappa shape index (κ2) is 5.94. The monoisotopic (exact) mass is 322 g/mol. The molecule has 0 spiro atoms. The normalized spacial score (nSPS) is 31.4. The Bertz CT molecular complexity index is 411. The number of halogens is 1. The predicted molar refractivity (Wildman–Crippen MR) is 83.6 cm³/mol. The third-order valence-electron chi connectivity index (χ3n) is 4.79. The van der Waals surface area contributed by atoms with Gasteiger partial charge in [0.1, 0.15) is 0 Å². The molecular formula is C16H23BrN2. The van der Waals surface area contributed by atoms with Gasteiger partial charge in [0.2, 0.25) is 0 Å². The molecule has 3 rings (SSSR count). The first kappa shape index (κ1) is 13.6. The Morgan fingerprint density at radius 2 is 2.00 bits per heavy atom. The number of likely N-dealkylation sites (tertiary alicyclic amines) is 1. The molecule has 3 heteroatoms. The molecule has 1 saturated carbocycles. The van der Waals surface area contributed by atoms with E-state index in [1.807, 2.05) is 0 Å². The Morgan fingerprint density at radius 3 is 2.63 bits per heavy atom. The minimum Gasteiger partial charge on any atom is -0.312 e. The molecule has 1 atom stereocenters. The summed E-state index contributed by atoms with van der Waals surface area (Å²) < 4.78 is 1.18. The standard InChI is InChI=1S/C16H23BrN2/c1-19-8-2-3-16(19)11-18-15-9-13(10-15)12-4-6-14(17)7-5-12/h4-7,13,15-16,18H,2-3,8-11H2,1H3. The van der Waals surface area contributed by atoms with Crippen LogP contribution >= 0.6 is 15.9 Å². The van der Waals surface area contributed by atoms with E-state index < -0.39 is 0 Å². The van der Waals surface area contributed by atoms with Crippen molar-refractivity contribution in [2.24, 2.45) is 0 Å². The van der Waals surface area contributed by atoms with Crippen molar-refractivity contribution < 1.29 is 0 Å². The average Bonchev–Trinajstić information content (AvgIpc) is 2.75. The first-order valence-electron chi connectivity index (χ1n) is 7.41. The van der Waals surface area contributed by atoms with Crippen LogP contribution in [-0.2, 0) is 0 Å². The number of benzene rings is 1. The van der Waals surface area contributed by atoms with Crippen LogP contribution in [0.5, 0.6) is 0 Å². The molecule has 1 aliphatic carbocycles. The quantitative estimate of drug-likeness (QED) is 0.914. The highest BCUT2D eigenvalue weighted by molar-refractivity contribution is 9.10. The Kier molecular flexibility index (Phi) is 4.25. The van der Waals surface area contributed by atoms with Gasteiger partial charge < -0.3 is 10.2 Å². The fourth-order valence-electron chi connectivity index (χ4n) is 3.33. The second-order valence-corrected chi connectivity index (χ2v) is 7.02. The maximum Gasteiger partial charge on any atom is 0.0218 e. The molecule has 1 aromatic carbocycles. The van der Waals surface area contributed by atoms with Crippen LogP contribution in [0.15, 0.2) is 28.7 Å². The lowest BCUT2D eigenvalue weighted by molar-refractivity contribution is 0.245. The summed E-state index contributed by atoms with van der Waals surface area (Å²) in [6.45, 7) is 2.45. The molecule has 1 saturated heterocycles. The molecule has 2 nitrogen and oxygen atoms in total. The first-order chi connectivity index (χ1) is 9.22. The molecule has 19 heavy (non-hydrogen) atoms. The molecule has 1 N–H and O–H groups in total. The van der Waals surface area contributed by atoms with E-state index in [1.54, 1.807) is 0 Å². The van der Waals surface area contributed by atoms with E-state index in [0.29, 0.717) is 0 Å². The summed E-state index contributed by atoms with van der Waals surface area (Å²) in [6.07, 6.45) is 5.34. The van der Waals surface area contributed by atoms with Gasteiger partial charge in [-0.3, -0.25) is 0 Å². The van der Waals surface area contributed by atoms with Crippen molar-refractivity contribution in [2.45, 2.75) is 43.7 Å². The van der Waals surface area contributed by atoms with E-state index in [2.05, 4.69) is 57.5 Å². The van der Waals surface area contributed by atoms with Gasteiger partial charge in [-0.15, -0.1) is 0 Å². The van der Waals surface area contributed by atoms with Crippen LogP contribution in [0.1, 0.15) is 37.2 Å². The lowest BCUT2D eigenvalue weighted by atomic mass is 9.76. The fourth-order valence-corrected chi connectivity index (χ4v) is 3.60. The minimum absolute atomic E-state index is 0.739. The number of likely N-dealkylation sites (N-methyl/N-ethyl adjacent to an activating group) is 1. The van der Waals surface area contributed by atoms with Gasteiger partial charge in [0.15, 0.2) is 0 Å². The third-order valence-corrected chi connectivity index (χ3v) is 5.32. The summed E-state index contributed by atoms with van der Waals surface area (Å²) in [5.41, 5.74) is 1.50. The largest absolute Gasteiger partial charge is 0.312 e. The van der Waals surface area contributed by atoms with Crippen molar-refractivity contribution in [2.75, 3.05) is 20.1 Å². The first-order valence-corrected chi connectivity index (χ1v) is 8.21. The predicted octanol–water partition coefficient (Wildman–Crippen LogP) is 3.38. The minimum atomic E-state index is 0.739. The summed E-state index contributed by atoms with van der Waals surface area (Å²) in [4.78, 5) is 2.50. The highest BCUT2D eigenvalue weighted by Gasteiger charge is 2.31. The average molecular weight is 323 g/mol. The highest BCUT2D eigenvalue weighted by Crippen LogP contribution is 2.37. The molecule has 2 aliphatic rings. The zero-order valence-electron chi connectivity index (χ0n) is 11.6. The Hall–Kier alpha value is -0.380. The molecule has 1 unspecified atom stereocenters. The number of nitrogens with one attached hydrogen (secondary N) is 1. The number of rotatable bonds is 4. The van der Waals surface area contributed by atoms with Gasteiger partial charge in [-0.05, 0) is 62.9 Å². The lowest BCUT2D eigenvalue weighted by Gasteiger charge is -2.37. The van der Waals surface area contributed by atoms with Gasteiger partial charge in [0.25, 0.3) is 0 Å². The third kappa shape index (κ3) is 3.21. The van der Waals surface area contributed by atoms with E-state index in [0.717, 1.165) is 18.0 Å². The van der Waals surface area contributed by atoms with Gasteiger partial charge in [0, 0.05) is 23.1 Å². The molecular weight excluding hydrogens is 300 g/mol. The summed E-state index contributed by atoms with van der Waals surface area (Å²) in [6, 6.07) is 10.3. The van der Waals surface area contributed by atoms with Gasteiger partial charge in [-0.1, -0.05) is 28.1 Å². The molecule has 2 fully saturated rings. The van der Waals surface area contributed by atoms with E-state index >= 15 is 0 Å². The van der Waals surface area contributed by atoms with Crippen LogP contribution in [0.2, 0.25) is 0 Å². The van der Waals surface area contributed by atoms with Crippen molar-refractivity contribution in [1.82, 2.24) is 10.2 Å². The summed E-state index contributed by atoms with van der Waals surface area (Å²) in [7, 11) is 2.25. The van der Waals surface area contributed by atoms with Gasteiger partial charge in [-0.2, -0.15) is 0 Å². The topological polar surface area (TPSA) is 15.3 Å². The molecule has 0 bridgehead atoms. The van der Waals surface area contributed by atoms with Crippen LogP contribution < -0.4 is 5.32 Å². The van der Waals surface area contributed by atoms with Gasteiger partial charge in [0.05, 0.1) is 0 Å². The van der Waals surface area contributed by atoms with Crippen molar-refractivity contribution in [3.05, 3.63) is 34.3 Å². The molecule has 1 heterocycles. The number of nitrogens with zero attached hydrogens (tertiary/aromatic N) is 1. The number of hydrogen-bond acceptors (Lipinski definition) is 2. The molecule has 1 aromatic rings. The Morgan fingerprint density at radius 1 is 1.26 bits per heavy atom. The van der Waals surface area contributed by atoms with E-state index in [1.165, 1.54) is 48.8 Å². The second-order valence-electron chi connectivity index (χ2n) is 6.10. The fraction of sp³-hybridized carbons (Fsp3) is 0.625. The van der Waals surface area contributed by atoms with Crippen molar-refractivity contribution in [3.63, 3.8) is 0 Å². The Labute approximate surface area is 124 Å². The zero-order chi connectivity index (χ0) is 13.2. The maximum absolute atomic E-state index is 3.75. The molecule has 0 aromatic heterocycles. The van der Waals surface area contributed by atoms with Crippen molar-refractivity contribution >= 4 is 15.9 Å². The molecule has 104 valence electrons. The smallest absolute Gasteiger partial charge is 0.0218 e. The lowest BCUT2D eigenvalue weighted by Crippen LogP contribution is -2.45.